The fourth-order valence-corrected chi connectivity index (χ4v) is 3.11. The summed E-state index contributed by atoms with van der Waals surface area (Å²) in [5.41, 5.74) is 0. The maximum absolute atomic E-state index is 10.6. The Labute approximate surface area is 153 Å². The quantitative estimate of drug-likeness (QED) is 0.332. The Balaban J connectivity index is 3.36. The minimum atomic E-state index is -1.24. The molecule has 0 rings (SSSR count). The molecule has 25 heavy (non-hydrogen) atoms. The zero-order valence-electron chi connectivity index (χ0n) is 16.1. The van der Waals surface area contributed by atoms with Gasteiger partial charge in [0.25, 0.3) is 0 Å². The molecule has 0 saturated carbocycles. The lowest BCUT2D eigenvalue weighted by molar-refractivity contribution is -0.310. The monoisotopic (exact) mass is 355 g/mol. The number of hydrogen-bond acceptors (Lipinski definition) is 5. The van der Waals surface area contributed by atoms with Gasteiger partial charge in [-0.15, -0.1) is 0 Å². The Hall–Kier alpha value is -1.10. The van der Waals surface area contributed by atoms with Crippen LogP contribution in [0.5, 0.6) is 0 Å². The molecule has 0 atom stereocenters. The predicted molar refractivity (Wildman–Crippen MR) is 96.8 cm³/mol. The molecular formula is C20H37NO4-2. The van der Waals surface area contributed by atoms with E-state index in [-0.39, 0.29) is 13.1 Å². The Bertz CT molecular complexity index is 318. The molecule has 0 aromatic heterocycles. The molecule has 0 aliphatic rings. The number of aliphatic carboxylic acids is 2. The van der Waals surface area contributed by atoms with Gasteiger partial charge in [-0.25, -0.2) is 0 Å². The average Bonchev–Trinajstić information content (AvgIpc) is 2.54. The summed E-state index contributed by atoms with van der Waals surface area (Å²) in [4.78, 5) is 22.5. The van der Waals surface area contributed by atoms with Crippen LogP contribution in [-0.4, -0.2) is 36.5 Å². The van der Waals surface area contributed by atoms with Crippen molar-refractivity contribution in [1.82, 2.24) is 4.90 Å². The van der Waals surface area contributed by atoms with E-state index >= 15 is 0 Å². The van der Waals surface area contributed by atoms with E-state index in [0.29, 0.717) is 6.54 Å². The lowest BCUT2D eigenvalue weighted by atomic mass is 10.0. The average molecular weight is 356 g/mol. The van der Waals surface area contributed by atoms with Gasteiger partial charge in [-0.3, -0.25) is 4.90 Å². The zero-order chi connectivity index (χ0) is 18.8. The molecule has 0 amide bonds. The van der Waals surface area contributed by atoms with E-state index in [2.05, 4.69) is 6.92 Å². The van der Waals surface area contributed by atoms with Crippen molar-refractivity contribution in [3.8, 4) is 0 Å². The standard InChI is InChI=1S/C20H39NO4/c1-2-3-4-5-6-7-8-9-10-11-12-13-14-15-16-21(17-19(22)23)18-20(24)25/h2-18H2,1H3,(H,22,23)(H,24,25)/p-2. The van der Waals surface area contributed by atoms with Gasteiger partial charge in [-0.2, -0.15) is 0 Å². The summed E-state index contributed by atoms with van der Waals surface area (Å²) in [6.07, 6.45) is 17.6. The third-order valence-corrected chi connectivity index (χ3v) is 4.53. The second-order valence-electron chi connectivity index (χ2n) is 7.05. The van der Waals surface area contributed by atoms with E-state index in [0.717, 1.165) is 19.3 Å². The summed E-state index contributed by atoms with van der Waals surface area (Å²) in [7, 11) is 0. The van der Waals surface area contributed by atoms with Crippen molar-refractivity contribution < 1.29 is 19.8 Å². The van der Waals surface area contributed by atoms with Gasteiger partial charge in [0.1, 0.15) is 0 Å². The summed E-state index contributed by atoms with van der Waals surface area (Å²) in [5, 5.41) is 21.1. The number of hydrogen-bond donors (Lipinski definition) is 0. The first kappa shape index (κ1) is 23.9. The minimum Gasteiger partial charge on any atom is -0.549 e. The summed E-state index contributed by atoms with van der Waals surface area (Å²) in [5.74, 6) is -2.49. The topological polar surface area (TPSA) is 83.5 Å². The van der Waals surface area contributed by atoms with Crippen molar-refractivity contribution in [1.29, 1.82) is 0 Å². The fourth-order valence-electron chi connectivity index (χ4n) is 3.11. The van der Waals surface area contributed by atoms with Crippen LogP contribution in [0.2, 0.25) is 0 Å². The molecular weight excluding hydrogens is 318 g/mol. The van der Waals surface area contributed by atoms with Crippen LogP contribution in [-0.2, 0) is 9.59 Å². The summed E-state index contributed by atoms with van der Waals surface area (Å²) >= 11 is 0. The van der Waals surface area contributed by atoms with Gasteiger partial charge in [0, 0.05) is 13.1 Å². The van der Waals surface area contributed by atoms with Gasteiger partial charge in [0.05, 0.1) is 11.9 Å². The molecule has 0 fully saturated rings. The molecule has 0 radical (unpaired) electrons. The third kappa shape index (κ3) is 19.1. The van der Waals surface area contributed by atoms with E-state index in [1.165, 1.54) is 75.5 Å². The molecule has 0 heterocycles. The molecule has 0 aromatic carbocycles. The third-order valence-electron chi connectivity index (χ3n) is 4.53. The number of carboxylic acid groups (broad SMARTS) is 2. The van der Waals surface area contributed by atoms with Crippen molar-refractivity contribution in [3.63, 3.8) is 0 Å². The van der Waals surface area contributed by atoms with Crippen molar-refractivity contribution >= 4 is 11.9 Å². The largest absolute Gasteiger partial charge is 0.549 e. The van der Waals surface area contributed by atoms with E-state index in [1.807, 2.05) is 0 Å². The normalized spacial score (nSPS) is 11.1. The first-order chi connectivity index (χ1) is 12.1. The molecule has 0 bridgehead atoms. The maximum Gasteiger partial charge on any atom is 0.0555 e. The number of carboxylic acids is 2. The van der Waals surface area contributed by atoms with Crippen LogP contribution in [0, 0.1) is 0 Å². The summed E-state index contributed by atoms with van der Waals surface area (Å²) in [6, 6.07) is 0. The van der Waals surface area contributed by atoms with Crippen LogP contribution >= 0.6 is 0 Å². The van der Waals surface area contributed by atoms with Gasteiger partial charge in [0.2, 0.25) is 0 Å². The van der Waals surface area contributed by atoms with Crippen LogP contribution in [0.4, 0.5) is 0 Å². The van der Waals surface area contributed by atoms with E-state index in [9.17, 15) is 19.8 Å². The predicted octanol–water partition coefficient (Wildman–Crippen LogP) is 2.27. The number of nitrogens with zero attached hydrogens (tertiary/aromatic N) is 1. The number of rotatable bonds is 19. The maximum atomic E-state index is 10.6. The molecule has 0 N–H and O–H groups in total. The number of unbranched alkanes of at least 4 members (excludes halogenated alkanes) is 13. The molecule has 0 spiro atoms. The van der Waals surface area contributed by atoms with E-state index in [1.54, 1.807) is 0 Å². The molecule has 0 aliphatic carbocycles. The van der Waals surface area contributed by atoms with Crippen molar-refractivity contribution in [3.05, 3.63) is 0 Å². The van der Waals surface area contributed by atoms with Crippen LogP contribution in [0.25, 0.3) is 0 Å². The van der Waals surface area contributed by atoms with Crippen molar-refractivity contribution in [2.45, 2.75) is 96.8 Å². The second kappa shape index (κ2) is 17.7. The number of carbonyl (C=O) groups excluding carboxylic acids is 2. The van der Waals surface area contributed by atoms with Crippen LogP contribution in [0.1, 0.15) is 96.8 Å². The lowest BCUT2D eigenvalue weighted by Gasteiger charge is -2.22. The SMILES string of the molecule is CCCCCCCCCCCCCCCCN(CC(=O)[O-])CC(=O)[O-]. The number of carbonyl (C=O) groups is 2. The molecule has 0 aromatic rings. The van der Waals surface area contributed by atoms with Crippen LogP contribution in [0.15, 0.2) is 0 Å². The molecule has 148 valence electrons. The van der Waals surface area contributed by atoms with Gasteiger partial charge < -0.3 is 19.8 Å². The first-order valence-corrected chi connectivity index (χ1v) is 10.2. The first-order valence-electron chi connectivity index (χ1n) is 10.2. The Morgan fingerprint density at radius 2 is 0.920 bits per heavy atom. The minimum absolute atomic E-state index is 0.341. The van der Waals surface area contributed by atoms with E-state index < -0.39 is 11.9 Å². The van der Waals surface area contributed by atoms with Gasteiger partial charge >= 0.3 is 0 Å². The Morgan fingerprint density at radius 3 is 1.24 bits per heavy atom. The highest BCUT2D eigenvalue weighted by molar-refractivity contribution is 5.70. The molecule has 0 unspecified atom stereocenters. The van der Waals surface area contributed by atoms with Crippen molar-refractivity contribution in [2.24, 2.45) is 0 Å². The summed E-state index contributed by atoms with van der Waals surface area (Å²) < 4.78 is 0. The fraction of sp³-hybridized carbons (Fsp3) is 0.900. The summed E-state index contributed by atoms with van der Waals surface area (Å²) in [6.45, 7) is 2.04. The highest BCUT2D eigenvalue weighted by Crippen LogP contribution is 2.13. The van der Waals surface area contributed by atoms with Gasteiger partial charge in [-0.1, -0.05) is 90.4 Å². The lowest BCUT2D eigenvalue weighted by Crippen LogP contribution is -2.44. The highest BCUT2D eigenvalue weighted by atomic mass is 16.4. The Morgan fingerprint density at radius 1 is 0.600 bits per heavy atom. The Kier molecular flexibility index (Phi) is 16.9. The smallest absolute Gasteiger partial charge is 0.0555 e. The second-order valence-corrected chi connectivity index (χ2v) is 7.05. The van der Waals surface area contributed by atoms with Crippen molar-refractivity contribution in [2.75, 3.05) is 19.6 Å². The molecule has 0 saturated heterocycles. The van der Waals surface area contributed by atoms with Gasteiger partial charge in [-0.05, 0) is 13.0 Å². The molecule has 5 heteroatoms. The van der Waals surface area contributed by atoms with E-state index in [4.69, 9.17) is 0 Å². The van der Waals surface area contributed by atoms with Crippen LogP contribution < -0.4 is 10.2 Å². The van der Waals surface area contributed by atoms with Gasteiger partial charge in [0.15, 0.2) is 0 Å². The van der Waals surface area contributed by atoms with Crippen LogP contribution in [0.3, 0.4) is 0 Å². The highest BCUT2D eigenvalue weighted by Gasteiger charge is 2.05. The molecule has 0 aliphatic heterocycles. The molecule has 5 nitrogen and oxygen atoms in total. The zero-order valence-corrected chi connectivity index (χ0v) is 16.1.